The van der Waals surface area contributed by atoms with Crippen LogP contribution in [0.25, 0.3) is 0 Å². The van der Waals surface area contributed by atoms with Gasteiger partial charge in [0, 0.05) is 12.2 Å². The van der Waals surface area contributed by atoms with Crippen LogP contribution in [0.5, 0.6) is 5.75 Å². The van der Waals surface area contributed by atoms with E-state index in [0.29, 0.717) is 17.8 Å². The monoisotopic (exact) mass is 248 g/mol. The SMILES string of the molecule is Nc1ccc(O)cc1C(=O)NCCC1CCCC1. The summed E-state index contributed by atoms with van der Waals surface area (Å²) in [4.78, 5) is 11.9. The van der Waals surface area contributed by atoms with Crippen LogP contribution in [0.3, 0.4) is 0 Å². The fourth-order valence-corrected chi connectivity index (χ4v) is 2.52. The molecule has 0 radical (unpaired) electrons. The van der Waals surface area contributed by atoms with Crippen molar-refractivity contribution in [3.05, 3.63) is 23.8 Å². The average molecular weight is 248 g/mol. The predicted octanol–water partition coefficient (Wildman–Crippen LogP) is 2.28. The van der Waals surface area contributed by atoms with Gasteiger partial charge in [0.2, 0.25) is 0 Å². The highest BCUT2D eigenvalue weighted by molar-refractivity contribution is 5.99. The second kappa shape index (κ2) is 5.76. The van der Waals surface area contributed by atoms with Crippen molar-refractivity contribution in [3.8, 4) is 5.75 Å². The van der Waals surface area contributed by atoms with Crippen molar-refractivity contribution in [2.45, 2.75) is 32.1 Å². The van der Waals surface area contributed by atoms with E-state index in [1.807, 2.05) is 0 Å². The number of hydrogen-bond donors (Lipinski definition) is 3. The maximum atomic E-state index is 11.9. The molecule has 0 unspecified atom stereocenters. The van der Waals surface area contributed by atoms with E-state index in [1.54, 1.807) is 6.07 Å². The van der Waals surface area contributed by atoms with Gasteiger partial charge in [-0.3, -0.25) is 4.79 Å². The summed E-state index contributed by atoms with van der Waals surface area (Å²) in [6, 6.07) is 4.42. The molecular formula is C14H20N2O2. The van der Waals surface area contributed by atoms with Crippen LogP contribution in [0.1, 0.15) is 42.5 Å². The molecule has 1 saturated carbocycles. The smallest absolute Gasteiger partial charge is 0.253 e. The van der Waals surface area contributed by atoms with Crippen LogP contribution >= 0.6 is 0 Å². The lowest BCUT2D eigenvalue weighted by atomic mass is 10.0. The zero-order chi connectivity index (χ0) is 13.0. The molecule has 0 atom stereocenters. The number of amides is 1. The van der Waals surface area contributed by atoms with Gasteiger partial charge in [0.05, 0.1) is 5.56 Å². The highest BCUT2D eigenvalue weighted by Gasteiger charge is 2.15. The summed E-state index contributed by atoms with van der Waals surface area (Å²) in [5, 5.41) is 12.2. The first-order valence-corrected chi connectivity index (χ1v) is 6.53. The molecule has 1 aliphatic rings. The Morgan fingerprint density at radius 1 is 1.39 bits per heavy atom. The van der Waals surface area contributed by atoms with Crippen molar-refractivity contribution in [3.63, 3.8) is 0 Å². The number of aromatic hydroxyl groups is 1. The number of nitrogens with two attached hydrogens (primary N) is 1. The molecule has 1 aromatic carbocycles. The molecule has 0 aliphatic heterocycles. The Kier molecular flexibility index (Phi) is 4.07. The Labute approximate surface area is 107 Å². The molecule has 4 heteroatoms. The number of rotatable bonds is 4. The minimum Gasteiger partial charge on any atom is -0.508 e. The lowest BCUT2D eigenvalue weighted by molar-refractivity contribution is 0.0952. The van der Waals surface area contributed by atoms with Crippen molar-refractivity contribution >= 4 is 11.6 Å². The van der Waals surface area contributed by atoms with E-state index in [1.165, 1.54) is 37.8 Å². The van der Waals surface area contributed by atoms with Crippen molar-refractivity contribution in [1.82, 2.24) is 5.32 Å². The van der Waals surface area contributed by atoms with Gasteiger partial charge in [-0.05, 0) is 30.5 Å². The number of nitrogen functional groups attached to an aromatic ring is 1. The minimum absolute atomic E-state index is 0.0603. The molecule has 18 heavy (non-hydrogen) atoms. The van der Waals surface area contributed by atoms with E-state index in [9.17, 15) is 9.90 Å². The molecule has 98 valence electrons. The number of carbonyl (C=O) groups is 1. The number of carbonyl (C=O) groups excluding carboxylic acids is 1. The van der Waals surface area contributed by atoms with E-state index in [0.717, 1.165) is 12.3 Å². The lowest BCUT2D eigenvalue weighted by Crippen LogP contribution is -2.26. The summed E-state index contributed by atoms with van der Waals surface area (Å²) in [6.07, 6.45) is 6.23. The number of hydrogen-bond acceptors (Lipinski definition) is 3. The molecule has 1 aliphatic carbocycles. The Hall–Kier alpha value is -1.71. The van der Waals surface area contributed by atoms with Crippen molar-refractivity contribution in [2.75, 3.05) is 12.3 Å². The maximum Gasteiger partial charge on any atom is 0.253 e. The van der Waals surface area contributed by atoms with Gasteiger partial charge in [-0.25, -0.2) is 0 Å². The second-order valence-corrected chi connectivity index (χ2v) is 4.97. The van der Waals surface area contributed by atoms with Gasteiger partial charge in [-0.1, -0.05) is 25.7 Å². The topological polar surface area (TPSA) is 75.3 Å². The zero-order valence-corrected chi connectivity index (χ0v) is 10.5. The molecule has 1 amide bonds. The quantitative estimate of drug-likeness (QED) is 0.565. The van der Waals surface area contributed by atoms with E-state index in [2.05, 4.69) is 5.32 Å². The van der Waals surface area contributed by atoms with Crippen molar-refractivity contribution in [2.24, 2.45) is 5.92 Å². The number of nitrogens with one attached hydrogen (secondary N) is 1. The van der Waals surface area contributed by atoms with Crippen molar-refractivity contribution in [1.29, 1.82) is 0 Å². The van der Waals surface area contributed by atoms with Crippen LogP contribution in [0, 0.1) is 5.92 Å². The molecular weight excluding hydrogens is 228 g/mol. The molecule has 4 N–H and O–H groups in total. The number of benzene rings is 1. The summed E-state index contributed by atoms with van der Waals surface area (Å²) in [5.41, 5.74) is 6.46. The van der Waals surface area contributed by atoms with Crippen LogP contribution < -0.4 is 11.1 Å². The lowest BCUT2D eigenvalue weighted by Gasteiger charge is -2.11. The first-order chi connectivity index (χ1) is 8.66. The summed E-state index contributed by atoms with van der Waals surface area (Å²) in [7, 11) is 0. The van der Waals surface area contributed by atoms with Crippen LogP contribution in [0.15, 0.2) is 18.2 Å². The molecule has 0 bridgehead atoms. The van der Waals surface area contributed by atoms with E-state index in [4.69, 9.17) is 5.73 Å². The third-order valence-electron chi connectivity index (χ3n) is 3.59. The van der Waals surface area contributed by atoms with E-state index >= 15 is 0 Å². The maximum absolute atomic E-state index is 11.9. The molecule has 1 aromatic rings. The van der Waals surface area contributed by atoms with Gasteiger partial charge in [-0.2, -0.15) is 0 Å². The van der Waals surface area contributed by atoms with Gasteiger partial charge >= 0.3 is 0 Å². The summed E-state index contributed by atoms with van der Waals surface area (Å²) in [5.74, 6) is 0.610. The van der Waals surface area contributed by atoms with Crippen LogP contribution in [0.2, 0.25) is 0 Å². The zero-order valence-electron chi connectivity index (χ0n) is 10.5. The number of anilines is 1. The molecule has 4 nitrogen and oxygen atoms in total. The highest BCUT2D eigenvalue weighted by Crippen LogP contribution is 2.27. The molecule has 0 aromatic heterocycles. The fourth-order valence-electron chi connectivity index (χ4n) is 2.52. The number of phenolic OH excluding ortho intramolecular Hbond substituents is 1. The Balaban J connectivity index is 1.85. The standard InChI is InChI=1S/C14H20N2O2/c15-13-6-5-11(17)9-12(13)14(18)16-8-7-10-3-1-2-4-10/h5-6,9-10,17H,1-4,7-8,15H2,(H,16,18). The Bertz CT molecular complexity index is 426. The van der Waals surface area contributed by atoms with E-state index < -0.39 is 0 Å². The molecule has 1 fully saturated rings. The normalized spacial score (nSPS) is 15.8. The average Bonchev–Trinajstić information content (AvgIpc) is 2.85. The molecule has 2 rings (SSSR count). The van der Waals surface area contributed by atoms with Crippen LogP contribution in [0.4, 0.5) is 5.69 Å². The minimum atomic E-state index is -0.207. The summed E-state index contributed by atoms with van der Waals surface area (Å²) >= 11 is 0. The fraction of sp³-hybridized carbons (Fsp3) is 0.500. The predicted molar refractivity (Wildman–Crippen MR) is 71.4 cm³/mol. The summed E-state index contributed by atoms with van der Waals surface area (Å²) in [6.45, 7) is 0.679. The summed E-state index contributed by atoms with van der Waals surface area (Å²) < 4.78 is 0. The van der Waals surface area contributed by atoms with Crippen LogP contribution in [-0.2, 0) is 0 Å². The molecule has 0 saturated heterocycles. The Morgan fingerprint density at radius 3 is 2.83 bits per heavy atom. The van der Waals surface area contributed by atoms with Gasteiger partial charge in [0.15, 0.2) is 0 Å². The molecule has 0 spiro atoms. The first kappa shape index (κ1) is 12.7. The molecule has 0 heterocycles. The highest BCUT2D eigenvalue weighted by atomic mass is 16.3. The van der Waals surface area contributed by atoms with Gasteiger partial charge in [0.25, 0.3) is 5.91 Å². The van der Waals surface area contributed by atoms with E-state index in [-0.39, 0.29) is 11.7 Å². The number of phenols is 1. The second-order valence-electron chi connectivity index (χ2n) is 4.97. The third-order valence-corrected chi connectivity index (χ3v) is 3.59. The largest absolute Gasteiger partial charge is 0.508 e. The van der Waals surface area contributed by atoms with Gasteiger partial charge in [0.1, 0.15) is 5.75 Å². The third kappa shape index (κ3) is 3.15. The van der Waals surface area contributed by atoms with Crippen molar-refractivity contribution < 1.29 is 9.90 Å². The van der Waals surface area contributed by atoms with Gasteiger partial charge in [-0.15, -0.1) is 0 Å². The van der Waals surface area contributed by atoms with Crippen LogP contribution in [-0.4, -0.2) is 17.6 Å². The first-order valence-electron chi connectivity index (χ1n) is 6.53. The Morgan fingerprint density at radius 2 is 2.11 bits per heavy atom. The van der Waals surface area contributed by atoms with Gasteiger partial charge < -0.3 is 16.2 Å².